The van der Waals surface area contributed by atoms with E-state index in [0.29, 0.717) is 28.7 Å². The number of hydrogen-bond donors (Lipinski definition) is 2. The van der Waals surface area contributed by atoms with E-state index in [1.807, 2.05) is 24.3 Å². The predicted molar refractivity (Wildman–Crippen MR) is 123 cm³/mol. The van der Waals surface area contributed by atoms with Gasteiger partial charge >= 0.3 is 5.97 Å². The molecule has 0 radical (unpaired) electrons. The van der Waals surface area contributed by atoms with Crippen molar-refractivity contribution in [1.29, 1.82) is 0 Å². The van der Waals surface area contributed by atoms with Crippen molar-refractivity contribution in [2.24, 2.45) is 5.14 Å². The fourth-order valence-electron chi connectivity index (χ4n) is 3.88. The van der Waals surface area contributed by atoms with E-state index in [1.165, 1.54) is 24.3 Å². The quantitative estimate of drug-likeness (QED) is 0.529. The maximum atomic E-state index is 13.1. The van der Waals surface area contributed by atoms with E-state index in [-0.39, 0.29) is 4.90 Å². The van der Waals surface area contributed by atoms with Gasteiger partial charge in [0.15, 0.2) is 6.61 Å². The van der Waals surface area contributed by atoms with Crippen LogP contribution in [0.5, 0.6) is 0 Å². The number of nitrogens with two attached hydrogens (primary N) is 1. The molecule has 1 amide bonds. The zero-order valence-corrected chi connectivity index (χ0v) is 18.9. The Morgan fingerprint density at radius 2 is 1.88 bits per heavy atom. The largest absolute Gasteiger partial charge is 0.452 e. The zero-order chi connectivity index (χ0) is 23.6. The average Bonchev–Trinajstić information content (AvgIpc) is 2.80. The summed E-state index contributed by atoms with van der Waals surface area (Å²) in [5.41, 5.74) is 3.23. The van der Waals surface area contributed by atoms with E-state index in [1.54, 1.807) is 0 Å². The lowest BCUT2D eigenvalue weighted by atomic mass is 9.96. The highest BCUT2D eigenvalue weighted by molar-refractivity contribution is 7.89. The number of likely N-dealkylation sites (N-methyl/N-ethyl adjacent to an activating group) is 1. The van der Waals surface area contributed by atoms with Gasteiger partial charge in [-0.05, 0) is 36.9 Å². The lowest BCUT2D eigenvalue weighted by Crippen LogP contribution is -2.32. The Balaban J connectivity index is 1.51. The second kappa shape index (κ2) is 9.26. The molecule has 1 aliphatic heterocycles. The lowest BCUT2D eigenvalue weighted by Gasteiger charge is -2.28. The number of carbonyl (C=O) groups is 2. The van der Waals surface area contributed by atoms with Gasteiger partial charge in [-0.25, -0.2) is 18.4 Å². The number of carbonyl (C=O) groups excluding carboxylic acids is 2. The molecule has 3 aromatic rings. The number of amides is 1. The molecule has 0 saturated carbocycles. The molecule has 9 nitrogen and oxygen atoms in total. The molecule has 0 bridgehead atoms. The second-order valence-electron chi connectivity index (χ2n) is 7.74. The molecular formula is C23H24N4O5S. The van der Waals surface area contributed by atoms with Crippen molar-refractivity contribution in [3.63, 3.8) is 0 Å². The summed E-state index contributed by atoms with van der Waals surface area (Å²) in [5.74, 6) is -1.13. The van der Waals surface area contributed by atoms with Crippen LogP contribution in [-0.4, -0.2) is 49.9 Å². The minimum atomic E-state index is -3.82. The van der Waals surface area contributed by atoms with E-state index >= 15 is 0 Å². The molecule has 1 aromatic heterocycles. The van der Waals surface area contributed by atoms with Crippen LogP contribution in [0, 0.1) is 0 Å². The van der Waals surface area contributed by atoms with E-state index in [2.05, 4.69) is 17.1 Å². The number of nitrogens with zero attached hydrogens (tertiary/aromatic N) is 2. The number of pyridine rings is 1. The first-order valence-corrected chi connectivity index (χ1v) is 12.0. The summed E-state index contributed by atoms with van der Waals surface area (Å²) in [6.07, 6.45) is 0.739. The van der Waals surface area contributed by atoms with Crippen LogP contribution >= 0.6 is 0 Å². The van der Waals surface area contributed by atoms with Crippen LogP contribution in [0.2, 0.25) is 0 Å². The van der Waals surface area contributed by atoms with Crippen molar-refractivity contribution in [2.45, 2.75) is 24.8 Å². The summed E-state index contributed by atoms with van der Waals surface area (Å²) >= 11 is 0. The van der Waals surface area contributed by atoms with Gasteiger partial charge in [-0.1, -0.05) is 25.1 Å². The Bertz CT molecular complexity index is 1320. The fourth-order valence-corrected chi connectivity index (χ4v) is 4.39. The van der Waals surface area contributed by atoms with Gasteiger partial charge in [-0.2, -0.15) is 0 Å². The molecule has 0 unspecified atom stereocenters. The predicted octanol–water partition coefficient (Wildman–Crippen LogP) is 2.06. The molecule has 0 atom stereocenters. The van der Waals surface area contributed by atoms with Crippen molar-refractivity contribution in [3.8, 4) is 0 Å². The minimum absolute atomic E-state index is 0.0672. The molecule has 0 saturated heterocycles. The smallest absolute Gasteiger partial charge is 0.339 e. The van der Waals surface area contributed by atoms with Crippen LogP contribution < -0.4 is 10.5 Å². The number of anilines is 1. The van der Waals surface area contributed by atoms with Gasteiger partial charge in [0, 0.05) is 41.8 Å². The van der Waals surface area contributed by atoms with Crippen LogP contribution in [0.3, 0.4) is 0 Å². The number of sulfonamides is 1. The lowest BCUT2D eigenvalue weighted by molar-refractivity contribution is -0.119. The van der Waals surface area contributed by atoms with Crippen LogP contribution in [-0.2, 0) is 32.5 Å². The van der Waals surface area contributed by atoms with Gasteiger partial charge < -0.3 is 10.1 Å². The summed E-state index contributed by atoms with van der Waals surface area (Å²) in [4.78, 5) is 32.3. The Labute approximate surface area is 191 Å². The molecule has 4 rings (SSSR count). The van der Waals surface area contributed by atoms with Crippen molar-refractivity contribution in [3.05, 3.63) is 65.4 Å². The van der Waals surface area contributed by atoms with Crippen LogP contribution in [0.1, 0.15) is 28.5 Å². The van der Waals surface area contributed by atoms with E-state index in [9.17, 15) is 18.0 Å². The molecule has 10 heteroatoms. The molecule has 2 aromatic carbocycles. The minimum Gasteiger partial charge on any atom is -0.452 e. The number of aromatic nitrogens is 1. The molecule has 33 heavy (non-hydrogen) atoms. The third-order valence-electron chi connectivity index (χ3n) is 5.58. The van der Waals surface area contributed by atoms with Gasteiger partial charge in [0.1, 0.15) is 0 Å². The average molecular weight is 469 g/mol. The second-order valence-corrected chi connectivity index (χ2v) is 9.30. The van der Waals surface area contributed by atoms with Gasteiger partial charge in [-0.15, -0.1) is 0 Å². The SMILES string of the molecule is CCN1CCc2nc3ccccc3c(C(=O)OCC(=O)Nc3ccc(S(N)(=O)=O)cc3)c2C1. The standard InChI is InChI=1S/C23H24N4O5S/c1-2-27-12-11-20-18(13-27)22(17-5-3-4-6-19(17)26-20)23(29)32-14-21(28)25-15-7-9-16(10-8-15)33(24,30)31/h3-10H,2,11-14H2,1H3,(H,25,28)(H2,24,30,31). The first-order chi connectivity index (χ1) is 15.8. The molecule has 1 aliphatic rings. The Hall–Kier alpha value is -3.34. The highest BCUT2D eigenvalue weighted by Crippen LogP contribution is 2.28. The first-order valence-electron chi connectivity index (χ1n) is 10.5. The number of benzene rings is 2. The highest BCUT2D eigenvalue weighted by Gasteiger charge is 2.26. The van der Waals surface area contributed by atoms with Gasteiger partial charge in [-0.3, -0.25) is 14.7 Å². The summed E-state index contributed by atoms with van der Waals surface area (Å²) in [5, 5.41) is 8.33. The normalized spacial score (nSPS) is 14.0. The summed E-state index contributed by atoms with van der Waals surface area (Å²) in [7, 11) is -3.82. The summed E-state index contributed by atoms with van der Waals surface area (Å²) in [6, 6.07) is 12.8. The van der Waals surface area contributed by atoms with Crippen molar-refractivity contribution < 1.29 is 22.7 Å². The fraction of sp³-hybridized carbons (Fsp3) is 0.261. The van der Waals surface area contributed by atoms with Gasteiger partial charge in [0.25, 0.3) is 5.91 Å². The number of para-hydroxylation sites is 1. The Morgan fingerprint density at radius 3 is 2.58 bits per heavy atom. The summed E-state index contributed by atoms with van der Waals surface area (Å²) < 4.78 is 28.0. The molecule has 0 aliphatic carbocycles. The van der Waals surface area contributed by atoms with E-state index < -0.39 is 28.5 Å². The summed E-state index contributed by atoms with van der Waals surface area (Å²) in [6.45, 7) is 3.90. The number of fused-ring (bicyclic) bond motifs is 2. The van der Waals surface area contributed by atoms with Gasteiger partial charge in [0.05, 0.1) is 16.0 Å². The third-order valence-corrected chi connectivity index (χ3v) is 6.51. The van der Waals surface area contributed by atoms with Crippen molar-refractivity contribution in [2.75, 3.05) is 25.0 Å². The molecule has 172 valence electrons. The number of esters is 1. The van der Waals surface area contributed by atoms with E-state index in [0.717, 1.165) is 30.8 Å². The monoisotopic (exact) mass is 468 g/mol. The van der Waals surface area contributed by atoms with Crippen LogP contribution in [0.25, 0.3) is 10.9 Å². The third kappa shape index (κ3) is 5.03. The molecule has 2 heterocycles. The Kier molecular flexibility index (Phi) is 6.41. The van der Waals surface area contributed by atoms with Crippen molar-refractivity contribution in [1.82, 2.24) is 9.88 Å². The molecule has 3 N–H and O–H groups in total. The number of rotatable bonds is 6. The van der Waals surface area contributed by atoms with Crippen molar-refractivity contribution >= 4 is 38.5 Å². The number of ether oxygens (including phenoxy) is 1. The molecule has 0 fully saturated rings. The van der Waals surface area contributed by atoms with Gasteiger partial charge in [0.2, 0.25) is 10.0 Å². The highest BCUT2D eigenvalue weighted by atomic mass is 32.2. The molecule has 0 spiro atoms. The topological polar surface area (TPSA) is 132 Å². The van der Waals surface area contributed by atoms with Crippen LogP contribution in [0.4, 0.5) is 5.69 Å². The zero-order valence-electron chi connectivity index (χ0n) is 18.1. The maximum absolute atomic E-state index is 13.1. The number of hydrogen-bond acceptors (Lipinski definition) is 7. The number of nitrogens with one attached hydrogen (secondary N) is 1. The van der Waals surface area contributed by atoms with E-state index in [4.69, 9.17) is 14.9 Å². The number of primary sulfonamides is 1. The Morgan fingerprint density at radius 1 is 1.15 bits per heavy atom. The molecular weight excluding hydrogens is 444 g/mol. The maximum Gasteiger partial charge on any atom is 0.339 e. The first kappa shape index (κ1) is 22.8. The van der Waals surface area contributed by atoms with Crippen LogP contribution in [0.15, 0.2) is 53.4 Å².